The minimum absolute atomic E-state index is 0.00432. The van der Waals surface area contributed by atoms with Gasteiger partial charge >= 0.3 is 0 Å². The Labute approximate surface area is 407 Å². The van der Waals surface area contributed by atoms with Crippen LogP contribution < -0.4 is 32.3 Å². The molecular formula is C50H82N8O11. The first kappa shape index (κ1) is 56.7. The molecule has 11 N–H and O–H groups in total. The number of nitrogens with zero attached hydrogens (tertiary/aromatic N) is 2. The van der Waals surface area contributed by atoms with Crippen molar-refractivity contribution in [1.82, 2.24) is 36.4 Å². The van der Waals surface area contributed by atoms with Gasteiger partial charge in [-0.3, -0.25) is 33.6 Å². The molecule has 0 bridgehead atoms. The smallest absolute Gasteiger partial charge is 0.248 e. The molecule has 0 spiro atoms. The van der Waals surface area contributed by atoms with Gasteiger partial charge in [0.25, 0.3) is 0 Å². The fourth-order valence-electron chi connectivity index (χ4n) is 9.47. The van der Waals surface area contributed by atoms with Crippen molar-refractivity contribution in [3.8, 4) is 5.75 Å². The van der Waals surface area contributed by atoms with Gasteiger partial charge in [-0.2, -0.15) is 0 Å². The van der Waals surface area contributed by atoms with E-state index in [0.29, 0.717) is 18.4 Å². The summed E-state index contributed by atoms with van der Waals surface area (Å²) in [5.41, 5.74) is 6.54. The van der Waals surface area contributed by atoms with Crippen molar-refractivity contribution >= 4 is 41.4 Å². The van der Waals surface area contributed by atoms with Crippen molar-refractivity contribution < 1.29 is 54.0 Å². The van der Waals surface area contributed by atoms with E-state index < -0.39 is 90.0 Å². The number of rotatable bonds is 22. The highest BCUT2D eigenvalue weighted by molar-refractivity contribution is 5.97. The molecule has 7 amide bonds. The Balaban J connectivity index is 1.54. The Kier molecular flexibility index (Phi) is 24.7. The highest BCUT2D eigenvalue weighted by Gasteiger charge is 2.45. The highest BCUT2D eigenvalue weighted by atomic mass is 16.3. The third kappa shape index (κ3) is 18.8. The van der Waals surface area contributed by atoms with Crippen LogP contribution in [0.1, 0.15) is 154 Å². The minimum atomic E-state index is -1.60. The van der Waals surface area contributed by atoms with Crippen LogP contribution in [0.3, 0.4) is 0 Å². The number of nitrogens with two attached hydrogens (primary N) is 1. The van der Waals surface area contributed by atoms with Crippen molar-refractivity contribution in [3.05, 3.63) is 29.8 Å². The van der Waals surface area contributed by atoms with Gasteiger partial charge in [0.15, 0.2) is 0 Å². The third-order valence-electron chi connectivity index (χ3n) is 13.5. The number of aliphatic hydroxyl groups is 3. The molecule has 3 aliphatic heterocycles. The number of carbonyl (C=O) groups is 7. The molecular weight excluding hydrogens is 889 g/mol. The topological polar surface area (TPSA) is 293 Å². The number of fused-ring (bicyclic) bond motifs is 2. The second-order valence-corrected chi connectivity index (χ2v) is 19.3. The van der Waals surface area contributed by atoms with E-state index in [1.54, 1.807) is 12.1 Å². The molecule has 9 atom stereocenters. The van der Waals surface area contributed by atoms with E-state index in [2.05, 4.69) is 33.5 Å². The summed E-state index contributed by atoms with van der Waals surface area (Å²) < 4.78 is 0. The van der Waals surface area contributed by atoms with Gasteiger partial charge in [0.1, 0.15) is 42.0 Å². The zero-order valence-electron chi connectivity index (χ0n) is 41.0. The predicted octanol–water partition coefficient (Wildman–Crippen LogP) is 1.70. The third-order valence-corrected chi connectivity index (χ3v) is 13.5. The number of unbranched alkanes of at least 4 members (excludes halogenated alkanes) is 12. The zero-order chi connectivity index (χ0) is 50.3. The Bertz CT molecular complexity index is 1800. The number of carbonyl (C=O) groups excluding carboxylic acids is 7. The van der Waals surface area contributed by atoms with Crippen molar-refractivity contribution in [2.24, 2.45) is 5.73 Å². The molecule has 0 aromatic heterocycles. The SMILES string of the molecule is CCCCCCCCCCCCCCCC(=O)N[C@H]1CCCNC(=O)[C@@H]2C[C@@H](O)CN2C(=O)[C@H](CCCN)NC(=O)[C@H](CCc2ccc(O)cc2)NC(=O)[C@@H]2C[C@@H](O)CN2C(=O)[C@H]([C@@H](C)O)NC1=O. The standard InChI is InChI=1S/C50H82N8O11/c1-3-4-5-6-7-8-9-10-11-12-13-14-15-20-43(63)53-38-19-17-28-52-47(66)41-29-36(61)31-57(41)49(68)40(18-16-27-51)55-45(64)39(26-23-34-21-24-35(60)25-22-34)54-48(67)42-30-37(62)32-58(42)50(69)44(33(2)59)56-46(38)65/h21-22,24-25,33,36-42,44,59-62H,3-20,23,26-32,51H2,1-2H3,(H,52,66)(H,53,63)(H,54,67)(H,55,64)(H,56,65)/t33-,36-,37-,38+,39+,40+,41+,42+,44+/m1/s1. The molecule has 4 rings (SSSR count). The number of phenols is 1. The molecule has 0 unspecified atom stereocenters. The van der Waals surface area contributed by atoms with Crippen molar-refractivity contribution in [2.75, 3.05) is 26.2 Å². The largest absolute Gasteiger partial charge is 0.508 e. The first-order valence-corrected chi connectivity index (χ1v) is 25.7. The van der Waals surface area contributed by atoms with Gasteiger partial charge in [0, 0.05) is 38.9 Å². The lowest BCUT2D eigenvalue weighted by molar-refractivity contribution is -0.145. The summed E-state index contributed by atoms with van der Waals surface area (Å²) in [6.07, 6.45) is 11.8. The molecule has 0 radical (unpaired) electrons. The van der Waals surface area contributed by atoms with Gasteiger partial charge < -0.3 is 62.5 Å². The maximum atomic E-state index is 14.3. The number of hydrogen-bond donors (Lipinski definition) is 10. The normalized spacial score (nSPS) is 26.0. The van der Waals surface area contributed by atoms with Crippen molar-refractivity contribution in [2.45, 2.75) is 210 Å². The number of amides is 7. The molecule has 0 aliphatic carbocycles. The number of phenolic OH excluding ortho intramolecular Hbond substituents is 1. The van der Waals surface area contributed by atoms with Crippen molar-refractivity contribution in [1.29, 1.82) is 0 Å². The van der Waals surface area contributed by atoms with Crippen molar-refractivity contribution in [3.63, 3.8) is 0 Å². The van der Waals surface area contributed by atoms with E-state index in [9.17, 15) is 54.0 Å². The van der Waals surface area contributed by atoms with Crippen LogP contribution in [0.15, 0.2) is 24.3 Å². The Morgan fingerprint density at radius 1 is 0.710 bits per heavy atom. The average molecular weight is 971 g/mol. The summed E-state index contributed by atoms with van der Waals surface area (Å²) >= 11 is 0. The highest BCUT2D eigenvalue weighted by Crippen LogP contribution is 2.24. The van der Waals surface area contributed by atoms with Gasteiger partial charge in [0.05, 0.1) is 18.3 Å². The van der Waals surface area contributed by atoms with Crippen LogP contribution in [0, 0.1) is 0 Å². The van der Waals surface area contributed by atoms with E-state index in [4.69, 9.17) is 5.73 Å². The second kappa shape index (κ2) is 30.0. The summed E-state index contributed by atoms with van der Waals surface area (Å²) in [6.45, 7) is 3.20. The molecule has 3 fully saturated rings. The molecule has 388 valence electrons. The van der Waals surface area contributed by atoms with Gasteiger partial charge in [-0.25, -0.2) is 0 Å². The van der Waals surface area contributed by atoms with Crippen LogP contribution in [0.2, 0.25) is 0 Å². The van der Waals surface area contributed by atoms with Gasteiger partial charge in [-0.1, -0.05) is 96.1 Å². The summed E-state index contributed by atoms with van der Waals surface area (Å²) in [7, 11) is 0. The number of aryl methyl sites for hydroxylation is 1. The van der Waals surface area contributed by atoms with Gasteiger partial charge in [-0.15, -0.1) is 0 Å². The fraction of sp³-hybridized carbons (Fsp3) is 0.740. The molecule has 3 aliphatic rings. The second-order valence-electron chi connectivity index (χ2n) is 19.3. The zero-order valence-corrected chi connectivity index (χ0v) is 41.0. The lowest BCUT2D eigenvalue weighted by Crippen LogP contribution is -2.61. The van der Waals surface area contributed by atoms with Gasteiger partial charge in [0.2, 0.25) is 41.4 Å². The number of benzene rings is 1. The maximum Gasteiger partial charge on any atom is 0.248 e. The molecule has 0 saturated carbocycles. The number of aliphatic hydroxyl groups excluding tert-OH is 3. The lowest BCUT2D eigenvalue weighted by Gasteiger charge is -2.32. The van der Waals surface area contributed by atoms with Crippen LogP contribution in [0.5, 0.6) is 5.75 Å². The first-order chi connectivity index (χ1) is 33.1. The number of aromatic hydroxyl groups is 1. The molecule has 19 nitrogen and oxygen atoms in total. The Morgan fingerprint density at radius 3 is 1.84 bits per heavy atom. The fourth-order valence-corrected chi connectivity index (χ4v) is 9.47. The quantitative estimate of drug-likeness (QED) is 0.0744. The van der Waals surface area contributed by atoms with E-state index >= 15 is 0 Å². The van der Waals surface area contributed by atoms with E-state index in [1.165, 1.54) is 75.3 Å². The van der Waals surface area contributed by atoms with E-state index in [0.717, 1.165) is 30.6 Å². The van der Waals surface area contributed by atoms with E-state index in [-0.39, 0.29) is 89.2 Å². The lowest BCUT2D eigenvalue weighted by atomic mass is 10.0. The van der Waals surface area contributed by atoms with Crippen LogP contribution in [-0.2, 0) is 40.0 Å². The molecule has 1 aromatic carbocycles. The monoisotopic (exact) mass is 971 g/mol. The van der Waals surface area contributed by atoms with Crippen LogP contribution in [0.4, 0.5) is 0 Å². The number of nitrogens with one attached hydrogen (secondary N) is 5. The predicted molar refractivity (Wildman–Crippen MR) is 259 cm³/mol. The van der Waals surface area contributed by atoms with Crippen LogP contribution >= 0.6 is 0 Å². The number of hydrogen-bond acceptors (Lipinski definition) is 12. The Hall–Kier alpha value is -4.85. The minimum Gasteiger partial charge on any atom is -0.508 e. The molecule has 19 heteroatoms. The van der Waals surface area contributed by atoms with E-state index in [1.807, 2.05) is 0 Å². The molecule has 3 heterocycles. The summed E-state index contributed by atoms with van der Waals surface area (Å²) in [5.74, 6) is -4.77. The summed E-state index contributed by atoms with van der Waals surface area (Å²) in [4.78, 5) is 100. The Morgan fingerprint density at radius 2 is 1.26 bits per heavy atom. The molecule has 69 heavy (non-hydrogen) atoms. The summed E-state index contributed by atoms with van der Waals surface area (Å²) in [6, 6.07) is -1.49. The van der Waals surface area contributed by atoms with Gasteiger partial charge in [-0.05, 0) is 76.1 Å². The molecule has 3 saturated heterocycles. The maximum absolute atomic E-state index is 14.3. The van der Waals surface area contributed by atoms with Crippen LogP contribution in [0.25, 0.3) is 0 Å². The molecule has 1 aromatic rings. The first-order valence-electron chi connectivity index (χ1n) is 25.7. The summed E-state index contributed by atoms with van der Waals surface area (Å²) in [5, 5.41) is 55.9. The van der Waals surface area contributed by atoms with Crippen LogP contribution in [-0.4, -0.2) is 152 Å². The average Bonchev–Trinajstić information content (AvgIpc) is 3.92.